The molecule has 7 nitrogen and oxygen atoms in total. The Labute approximate surface area is 191 Å². The van der Waals surface area contributed by atoms with Gasteiger partial charge in [-0.25, -0.2) is 13.8 Å². The van der Waals surface area contributed by atoms with Crippen molar-refractivity contribution in [3.63, 3.8) is 0 Å². The van der Waals surface area contributed by atoms with Crippen LogP contribution < -0.4 is 5.32 Å². The van der Waals surface area contributed by atoms with Crippen LogP contribution in [0.5, 0.6) is 0 Å². The maximum absolute atomic E-state index is 14.5. The second-order valence-electron chi connectivity index (χ2n) is 7.76. The van der Waals surface area contributed by atoms with E-state index >= 15 is 0 Å². The average Bonchev–Trinajstić information content (AvgIpc) is 3.48. The Bertz CT molecular complexity index is 1530. The van der Waals surface area contributed by atoms with Gasteiger partial charge in [0.2, 0.25) is 0 Å². The number of nitrogens with one attached hydrogen (secondary N) is 2. The van der Waals surface area contributed by atoms with Crippen LogP contribution in [0.1, 0.15) is 5.69 Å². The molecule has 10 heteroatoms. The molecule has 2 N–H and O–H groups in total. The van der Waals surface area contributed by atoms with Gasteiger partial charge in [0.1, 0.15) is 17.3 Å². The third-order valence-electron chi connectivity index (χ3n) is 5.77. The van der Waals surface area contributed by atoms with Gasteiger partial charge < -0.3 is 5.32 Å². The van der Waals surface area contributed by atoms with Crippen molar-refractivity contribution in [2.24, 2.45) is 0 Å². The largest absolute Gasteiger partial charge is 0.309 e. The molecule has 5 heterocycles. The lowest BCUT2D eigenvalue weighted by Gasteiger charge is -2.16. The van der Waals surface area contributed by atoms with E-state index in [9.17, 15) is 8.78 Å². The van der Waals surface area contributed by atoms with Gasteiger partial charge in [-0.3, -0.25) is 14.8 Å². The molecule has 0 radical (unpaired) electrons. The highest BCUT2D eigenvalue weighted by atomic mass is 35.5. The van der Waals surface area contributed by atoms with Crippen LogP contribution in [0.15, 0.2) is 48.9 Å². The van der Waals surface area contributed by atoms with Gasteiger partial charge in [0.05, 0.1) is 40.2 Å². The third kappa shape index (κ3) is 3.37. The summed E-state index contributed by atoms with van der Waals surface area (Å²) >= 11 is 5.88. The molecule has 1 aliphatic heterocycles. The minimum Gasteiger partial charge on any atom is -0.309 e. The monoisotopic (exact) mass is 463 g/mol. The summed E-state index contributed by atoms with van der Waals surface area (Å²) < 4.78 is 30.1. The summed E-state index contributed by atoms with van der Waals surface area (Å²) in [6, 6.07) is 7.58. The molecule has 0 saturated carbocycles. The van der Waals surface area contributed by atoms with Gasteiger partial charge in [-0.15, -0.1) is 0 Å². The number of H-pyrrole nitrogens is 1. The van der Waals surface area contributed by atoms with Crippen molar-refractivity contribution >= 4 is 22.6 Å². The Morgan fingerprint density at radius 3 is 2.79 bits per heavy atom. The van der Waals surface area contributed by atoms with Crippen LogP contribution in [0.4, 0.5) is 8.78 Å². The molecule has 33 heavy (non-hydrogen) atoms. The van der Waals surface area contributed by atoms with Gasteiger partial charge >= 0.3 is 0 Å². The van der Waals surface area contributed by atoms with Crippen LogP contribution in [0.25, 0.3) is 44.7 Å². The molecule has 0 bridgehead atoms. The number of halogens is 3. The Morgan fingerprint density at radius 2 is 1.88 bits per heavy atom. The second kappa shape index (κ2) is 7.72. The molecular weight excluding hydrogens is 448 g/mol. The molecule has 0 spiro atoms. The van der Waals surface area contributed by atoms with Gasteiger partial charge in [0.15, 0.2) is 0 Å². The van der Waals surface area contributed by atoms with E-state index in [4.69, 9.17) is 16.6 Å². The van der Waals surface area contributed by atoms with E-state index in [1.54, 1.807) is 12.3 Å². The van der Waals surface area contributed by atoms with Gasteiger partial charge in [-0.05, 0) is 24.3 Å². The molecule has 6 rings (SSSR count). The Hall–Kier alpha value is -3.69. The van der Waals surface area contributed by atoms with Crippen LogP contribution in [-0.2, 0) is 13.1 Å². The maximum atomic E-state index is 14.5. The second-order valence-corrected chi connectivity index (χ2v) is 8.16. The molecule has 0 atom stereocenters. The third-order valence-corrected chi connectivity index (χ3v) is 6.06. The highest BCUT2D eigenvalue weighted by Gasteiger charge is 2.19. The van der Waals surface area contributed by atoms with Crippen LogP contribution >= 0.6 is 11.6 Å². The molecule has 0 fully saturated rings. The average molecular weight is 464 g/mol. The first kappa shape index (κ1) is 20.0. The predicted octanol–water partition coefficient (Wildman–Crippen LogP) is 4.59. The lowest BCUT2D eigenvalue weighted by Crippen LogP contribution is -2.28. The highest BCUT2D eigenvalue weighted by Crippen LogP contribution is 2.34. The van der Waals surface area contributed by atoms with Gasteiger partial charge in [-0.2, -0.15) is 10.2 Å². The number of nitrogens with zero attached hydrogens (tertiary/aromatic N) is 5. The summed E-state index contributed by atoms with van der Waals surface area (Å²) in [5.74, 6) is -1.58. The standard InChI is InChI=1S/C23H16ClF2N7/c24-16-6-13(17(25)7-18(16)26)23-15(9-29-32-23)19-1-2-20-21(31-19)5-12(8-28-20)14-10-30-33-4-3-27-11-22(14)33/h1-2,5-10,27H,3-4,11H2,(H,29,32). The smallest absolute Gasteiger partial charge is 0.144 e. The van der Waals surface area contributed by atoms with Crippen LogP contribution in [0, 0.1) is 11.6 Å². The number of rotatable bonds is 3. The van der Waals surface area contributed by atoms with E-state index in [2.05, 4.69) is 25.6 Å². The van der Waals surface area contributed by atoms with Crippen LogP contribution in [-0.4, -0.2) is 36.5 Å². The van der Waals surface area contributed by atoms with E-state index in [0.717, 1.165) is 48.0 Å². The first-order chi connectivity index (χ1) is 16.1. The van der Waals surface area contributed by atoms with E-state index in [0.29, 0.717) is 22.5 Å². The molecule has 1 aromatic carbocycles. The lowest BCUT2D eigenvalue weighted by atomic mass is 10.0. The normalized spacial score (nSPS) is 13.4. The van der Waals surface area contributed by atoms with E-state index < -0.39 is 11.6 Å². The number of fused-ring (bicyclic) bond motifs is 2. The van der Waals surface area contributed by atoms with Crippen molar-refractivity contribution in [1.29, 1.82) is 0 Å². The molecule has 5 aromatic rings. The number of pyridine rings is 2. The molecule has 0 amide bonds. The zero-order chi connectivity index (χ0) is 22.5. The SMILES string of the molecule is Fc1cc(F)c(-c2n[nH]cc2-c2ccc3ncc(-c4cnn5c4CNCC5)cc3n2)cc1Cl. The number of hydrogen-bond acceptors (Lipinski definition) is 5. The van der Waals surface area contributed by atoms with Crippen molar-refractivity contribution in [1.82, 2.24) is 35.3 Å². The van der Waals surface area contributed by atoms with Gasteiger partial charge in [-0.1, -0.05) is 11.6 Å². The van der Waals surface area contributed by atoms with E-state index in [-0.39, 0.29) is 10.6 Å². The molecule has 0 unspecified atom stereocenters. The topological polar surface area (TPSA) is 84.3 Å². The first-order valence-electron chi connectivity index (χ1n) is 10.3. The summed E-state index contributed by atoms with van der Waals surface area (Å²) in [6.45, 7) is 2.46. The fourth-order valence-electron chi connectivity index (χ4n) is 4.12. The summed E-state index contributed by atoms with van der Waals surface area (Å²) in [5, 5.41) is 14.6. The summed E-state index contributed by atoms with van der Waals surface area (Å²) in [4.78, 5) is 9.32. The Kier molecular flexibility index (Phi) is 4.67. The van der Waals surface area contributed by atoms with Crippen molar-refractivity contribution in [3.8, 4) is 33.6 Å². The maximum Gasteiger partial charge on any atom is 0.144 e. The molecular formula is C23H16ClF2N7. The fraction of sp³-hybridized carbons (Fsp3) is 0.130. The zero-order valence-corrected chi connectivity index (χ0v) is 17.9. The molecule has 0 aliphatic carbocycles. The number of hydrogen-bond donors (Lipinski definition) is 2. The molecule has 164 valence electrons. The van der Waals surface area contributed by atoms with Crippen molar-refractivity contribution in [2.45, 2.75) is 13.1 Å². The van der Waals surface area contributed by atoms with Crippen LogP contribution in [0.3, 0.4) is 0 Å². The van der Waals surface area contributed by atoms with E-state index in [1.165, 1.54) is 6.07 Å². The number of benzene rings is 1. The molecule has 1 aliphatic rings. The minimum atomic E-state index is -0.824. The van der Waals surface area contributed by atoms with E-state index in [1.807, 2.05) is 29.2 Å². The van der Waals surface area contributed by atoms with Crippen molar-refractivity contribution in [3.05, 3.63) is 71.3 Å². The number of aromatic nitrogens is 6. The first-order valence-corrected chi connectivity index (χ1v) is 10.7. The fourth-order valence-corrected chi connectivity index (χ4v) is 4.28. The summed E-state index contributed by atoms with van der Waals surface area (Å²) in [5.41, 5.74) is 5.96. The Balaban J connectivity index is 1.45. The molecule has 4 aromatic heterocycles. The van der Waals surface area contributed by atoms with Crippen LogP contribution in [0.2, 0.25) is 5.02 Å². The predicted molar refractivity (Wildman–Crippen MR) is 120 cm³/mol. The van der Waals surface area contributed by atoms with Crippen molar-refractivity contribution in [2.75, 3.05) is 6.54 Å². The van der Waals surface area contributed by atoms with Gasteiger partial charge in [0.25, 0.3) is 0 Å². The van der Waals surface area contributed by atoms with Gasteiger partial charge in [0, 0.05) is 53.8 Å². The Morgan fingerprint density at radius 1 is 0.970 bits per heavy atom. The summed E-state index contributed by atoms with van der Waals surface area (Å²) in [7, 11) is 0. The number of aromatic amines is 1. The highest BCUT2D eigenvalue weighted by molar-refractivity contribution is 6.31. The molecule has 0 saturated heterocycles. The summed E-state index contributed by atoms with van der Waals surface area (Å²) in [6.07, 6.45) is 5.29. The lowest BCUT2D eigenvalue weighted by molar-refractivity contribution is 0.476. The quantitative estimate of drug-likeness (QED) is 0.382. The zero-order valence-electron chi connectivity index (χ0n) is 17.1. The minimum absolute atomic E-state index is 0.0884. The van der Waals surface area contributed by atoms with Crippen molar-refractivity contribution < 1.29 is 8.78 Å².